The standard InChI is InChI=1S/C18H18O6.C11H13N3O4.C11H13N3O2.CH2O/c1-4-6-23-17(20)15-8-14(13(3)11-22-12-19)9-16(10-15)18(21)24-7-5-2;1-3-5-12-9(16)13(6-4-2)11(18)14(7-8-15)10(12)17;1-4-7-15-10-12-9(6-3)13-11(14-10)16-8-5-2;1-2/h4-5,8-10,12H,1-3,6-7,11H2;3-4,8H,1-2,5-7H2;4-6H,1-3,7-8H2;1H2. The number of ether oxygens (including phenoxy) is 5. The molecule has 0 aliphatic heterocycles. The van der Waals surface area contributed by atoms with Gasteiger partial charge in [0.1, 0.15) is 46.1 Å². The highest BCUT2D eigenvalue weighted by Gasteiger charge is 2.17. The molecule has 0 N–H and O–H groups in total. The molecule has 3 aromatic rings. The number of allylic oxidation sites excluding steroid dienone is 2. The van der Waals surface area contributed by atoms with Crippen LogP contribution in [0.2, 0.25) is 0 Å². The van der Waals surface area contributed by atoms with Gasteiger partial charge in [-0.25, -0.2) is 37.7 Å². The lowest BCUT2D eigenvalue weighted by atomic mass is 10.0. The molecule has 60 heavy (non-hydrogen) atoms. The van der Waals surface area contributed by atoms with E-state index < -0.39 is 35.6 Å². The second-order valence-corrected chi connectivity index (χ2v) is 10.7. The van der Waals surface area contributed by atoms with Crippen LogP contribution in [0.5, 0.6) is 12.0 Å². The van der Waals surface area contributed by atoms with E-state index in [1.54, 1.807) is 12.2 Å². The number of carbonyl (C=O) groups is 5. The van der Waals surface area contributed by atoms with Crippen LogP contribution in [0.3, 0.4) is 0 Å². The van der Waals surface area contributed by atoms with Crippen molar-refractivity contribution in [3.05, 3.63) is 161 Å². The number of benzene rings is 1. The number of nitrogens with zero attached hydrogens (tertiary/aromatic N) is 6. The number of aldehydes is 1. The summed E-state index contributed by atoms with van der Waals surface area (Å²) in [6.07, 6.45) is 10.7. The van der Waals surface area contributed by atoms with Crippen LogP contribution < -0.4 is 26.5 Å². The van der Waals surface area contributed by atoms with Gasteiger partial charge in [-0.3, -0.25) is 4.79 Å². The summed E-state index contributed by atoms with van der Waals surface area (Å²) in [5.74, 6) is -0.856. The lowest BCUT2D eigenvalue weighted by Crippen LogP contribution is -2.54. The Bertz CT molecular complexity index is 1950. The quantitative estimate of drug-likeness (QED) is 0.0578. The Morgan fingerprint density at radius 2 is 0.983 bits per heavy atom. The summed E-state index contributed by atoms with van der Waals surface area (Å²) in [5, 5.41) is 0. The first kappa shape index (κ1) is 51.9. The van der Waals surface area contributed by atoms with Gasteiger partial charge in [0.2, 0.25) is 0 Å². The maximum atomic E-state index is 12.0. The second-order valence-electron chi connectivity index (χ2n) is 10.7. The zero-order valence-electron chi connectivity index (χ0n) is 32.9. The normalized spacial score (nSPS) is 9.33. The summed E-state index contributed by atoms with van der Waals surface area (Å²) in [5.41, 5.74) is -1.23. The highest BCUT2D eigenvalue weighted by Crippen LogP contribution is 2.19. The van der Waals surface area contributed by atoms with Crippen molar-refractivity contribution < 1.29 is 47.7 Å². The van der Waals surface area contributed by atoms with Crippen LogP contribution in [0.25, 0.3) is 11.6 Å². The van der Waals surface area contributed by atoms with Gasteiger partial charge in [-0.15, -0.1) is 18.1 Å². The van der Waals surface area contributed by atoms with Gasteiger partial charge < -0.3 is 33.3 Å². The van der Waals surface area contributed by atoms with Crippen molar-refractivity contribution in [2.24, 2.45) is 0 Å². The van der Waals surface area contributed by atoms with E-state index in [9.17, 15) is 33.6 Å². The van der Waals surface area contributed by atoms with E-state index in [4.69, 9.17) is 23.7 Å². The maximum Gasteiger partial charge on any atom is 0.338 e. The zero-order chi connectivity index (χ0) is 45.5. The van der Waals surface area contributed by atoms with E-state index in [2.05, 4.69) is 72.3 Å². The molecular weight excluding hydrogens is 784 g/mol. The molecule has 19 heteroatoms. The molecule has 2 aromatic heterocycles. The molecule has 0 radical (unpaired) electrons. The predicted octanol–water partition coefficient (Wildman–Crippen LogP) is 2.76. The molecule has 0 aliphatic carbocycles. The maximum absolute atomic E-state index is 12.0. The number of hydrogen-bond donors (Lipinski definition) is 0. The minimum atomic E-state index is -0.822. The number of esters is 2. The molecule has 0 saturated heterocycles. The second kappa shape index (κ2) is 30.1. The van der Waals surface area contributed by atoms with E-state index in [1.807, 2.05) is 6.79 Å². The molecule has 19 nitrogen and oxygen atoms in total. The first-order valence-electron chi connectivity index (χ1n) is 17.1. The Labute approximate surface area is 344 Å². The van der Waals surface area contributed by atoms with Gasteiger partial charge in [0.15, 0.2) is 5.82 Å². The van der Waals surface area contributed by atoms with E-state index in [1.165, 1.54) is 48.6 Å². The van der Waals surface area contributed by atoms with Crippen LogP contribution in [-0.2, 0) is 48.2 Å². The average molecular weight is 831 g/mol. The minimum Gasteiger partial charge on any atom is -0.463 e. The molecule has 318 valence electrons. The molecule has 0 amide bonds. The van der Waals surface area contributed by atoms with Gasteiger partial charge in [0.25, 0.3) is 6.47 Å². The molecule has 0 fully saturated rings. The van der Waals surface area contributed by atoms with Crippen LogP contribution in [0.1, 0.15) is 32.1 Å². The van der Waals surface area contributed by atoms with E-state index >= 15 is 0 Å². The highest BCUT2D eigenvalue weighted by atomic mass is 16.5. The number of aromatic nitrogens is 6. The largest absolute Gasteiger partial charge is 0.463 e. The summed E-state index contributed by atoms with van der Waals surface area (Å²) >= 11 is 0. The molecule has 0 unspecified atom stereocenters. The molecule has 2 heterocycles. The molecular formula is C41H46N6O13. The molecule has 0 spiro atoms. The van der Waals surface area contributed by atoms with Crippen molar-refractivity contribution in [1.29, 1.82) is 0 Å². The van der Waals surface area contributed by atoms with Crippen molar-refractivity contribution in [2.45, 2.75) is 19.6 Å². The van der Waals surface area contributed by atoms with Crippen molar-refractivity contribution >= 4 is 43.1 Å². The van der Waals surface area contributed by atoms with Crippen molar-refractivity contribution in [3.8, 4) is 12.0 Å². The Morgan fingerprint density at radius 3 is 1.33 bits per heavy atom. The third-order valence-corrected chi connectivity index (χ3v) is 6.52. The van der Waals surface area contributed by atoms with Crippen molar-refractivity contribution in [2.75, 3.05) is 33.0 Å². The van der Waals surface area contributed by atoms with E-state index in [-0.39, 0.29) is 62.5 Å². The summed E-state index contributed by atoms with van der Waals surface area (Å²) < 4.78 is 27.3. The van der Waals surface area contributed by atoms with Crippen LogP contribution in [0, 0.1) is 0 Å². The summed E-state index contributed by atoms with van der Waals surface area (Å²) in [7, 11) is 0. The SMILES string of the molecule is C=CCOC(=O)c1cc(C(=C)COC=O)cc(C(=O)OCC=C)c1.C=CCOc1nc(C=C)nc(OCC=C)n1.C=CCn1c(=O)n(CC=C)c(=O)n(CC=O)c1=O.C=O. The molecule has 0 saturated carbocycles. The number of hydrogen-bond acceptors (Lipinski definition) is 16. The topological polar surface area (TPSA) is 236 Å². The fraction of sp³-hybridized carbons (Fsp3) is 0.195. The van der Waals surface area contributed by atoms with Crippen LogP contribution in [0.4, 0.5) is 0 Å². The lowest BCUT2D eigenvalue weighted by molar-refractivity contribution is -0.127. The summed E-state index contributed by atoms with van der Waals surface area (Å²) in [6, 6.07) is 4.71. The van der Waals surface area contributed by atoms with E-state index in [0.717, 1.165) is 9.13 Å². The highest BCUT2D eigenvalue weighted by molar-refractivity contribution is 5.97. The fourth-order valence-corrected chi connectivity index (χ4v) is 4.05. The number of carbonyl (C=O) groups excluding carboxylic acids is 5. The van der Waals surface area contributed by atoms with Gasteiger partial charge in [-0.2, -0.15) is 9.97 Å². The van der Waals surface area contributed by atoms with Crippen molar-refractivity contribution in [3.63, 3.8) is 0 Å². The minimum absolute atomic E-state index is 0.0338. The Kier molecular flexibility index (Phi) is 26.0. The summed E-state index contributed by atoms with van der Waals surface area (Å²) in [6.45, 7) is 30.6. The van der Waals surface area contributed by atoms with E-state index in [0.29, 0.717) is 41.0 Å². The Morgan fingerprint density at radius 1 is 0.583 bits per heavy atom. The van der Waals surface area contributed by atoms with Crippen LogP contribution in [-0.4, -0.2) is 93.2 Å². The van der Waals surface area contributed by atoms with Crippen LogP contribution in [0.15, 0.2) is 122 Å². The number of rotatable bonds is 23. The molecule has 0 atom stereocenters. The Balaban J connectivity index is 0.000000871. The van der Waals surface area contributed by atoms with Gasteiger partial charge in [0.05, 0.1) is 30.8 Å². The van der Waals surface area contributed by atoms with Crippen LogP contribution >= 0.6 is 0 Å². The van der Waals surface area contributed by atoms with Gasteiger partial charge in [-0.1, -0.05) is 75.9 Å². The third-order valence-electron chi connectivity index (χ3n) is 6.52. The Hall–Kier alpha value is -8.09. The monoisotopic (exact) mass is 830 g/mol. The smallest absolute Gasteiger partial charge is 0.338 e. The molecule has 0 bridgehead atoms. The lowest BCUT2D eigenvalue weighted by Gasteiger charge is -2.10. The zero-order valence-corrected chi connectivity index (χ0v) is 32.9. The molecule has 3 rings (SSSR count). The predicted molar refractivity (Wildman–Crippen MR) is 223 cm³/mol. The summed E-state index contributed by atoms with van der Waals surface area (Å²) in [4.78, 5) is 100. The van der Waals surface area contributed by atoms with Crippen molar-refractivity contribution in [1.82, 2.24) is 28.7 Å². The first-order valence-corrected chi connectivity index (χ1v) is 17.1. The molecule has 1 aromatic carbocycles. The van der Waals surface area contributed by atoms with Gasteiger partial charge in [0, 0.05) is 0 Å². The molecule has 0 aliphatic rings. The van der Waals surface area contributed by atoms with Gasteiger partial charge in [-0.05, 0) is 35.4 Å². The fourth-order valence-electron chi connectivity index (χ4n) is 4.05. The van der Waals surface area contributed by atoms with Gasteiger partial charge >= 0.3 is 41.0 Å². The average Bonchev–Trinajstić information content (AvgIpc) is 3.27. The first-order chi connectivity index (χ1) is 28.9. The third kappa shape index (κ3) is 17.4.